The third-order valence-electron chi connectivity index (χ3n) is 13.0. The Hall–Kier alpha value is -8.20. The highest BCUT2D eigenvalue weighted by Gasteiger charge is 2.47. The molecule has 2 heteroatoms. The van der Waals surface area contributed by atoms with Gasteiger partial charge in [-0.05, 0) is 101 Å². The summed E-state index contributed by atoms with van der Waals surface area (Å²) in [4.78, 5) is 10.6. The highest BCUT2D eigenvalue weighted by molar-refractivity contribution is 6.06. The Morgan fingerprint density at radius 3 is 1.51 bits per heavy atom. The minimum absolute atomic E-state index is 0.502. The summed E-state index contributed by atoms with van der Waals surface area (Å²) in [6, 6.07) is 87.7. The van der Waals surface area contributed by atoms with Crippen LogP contribution in [0.15, 0.2) is 243 Å². The lowest BCUT2D eigenvalue weighted by atomic mass is 9.66. The van der Waals surface area contributed by atoms with E-state index >= 15 is 0 Å². The molecule has 0 fully saturated rings. The van der Waals surface area contributed by atoms with Crippen LogP contribution >= 0.6 is 0 Å². The van der Waals surface area contributed by atoms with E-state index in [4.69, 9.17) is 9.97 Å². The van der Waals surface area contributed by atoms with Crippen LogP contribution in [0.25, 0.3) is 88.8 Å². The van der Waals surface area contributed by atoms with Crippen LogP contribution in [0.1, 0.15) is 22.3 Å². The van der Waals surface area contributed by atoms with Crippen molar-refractivity contribution < 1.29 is 0 Å². The molecule has 1 heterocycles. The molecule has 0 N–H and O–H groups in total. The Morgan fingerprint density at radius 2 is 0.810 bits per heavy atom. The molecule has 1 aromatic heterocycles. The third kappa shape index (κ3) is 6.02. The first-order valence-electron chi connectivity index (χ1n) is 21.6. The summed E-state index contributed by atoms with van der Waals surface area (Å²) >= 11 is 0. The first kappa shape index (κ1) is 36.6. The van der Waals surface area contributed by atoms with Crippen LogP contribution in [0.3, 0.4) is 0 Å². The zero-order valence-electron chi connectivity index (χ0n) is 34.5. The van der Waals surface area contributed by atoms with Gasteiger partial charge in [-0.3, -0.25) is 0 Å². The van der Waals surface area contributed by atoms with Gasteiger partial charge in [0.25, 0.3) is 0 Å². The van der Waals surface area contributed by atoms with Gasteiger partial charge in [0, 0.05) is 16.7 Å². The average molecular weight is 801 g/mol. The van der Waals surface area contributed by atoms with Crippen molar-refractivity contribution in [2.75, 3.05) is 0 Å². The highest BCUT2D eigenvalue weighted by Crippen LogP contribution is 2.58. The van der Waals surface area contributed by atoms with Crippen molar-refractivity contribution in [3.63, 3.8) is 0 Å². The van der Waals surface area contributed by atoms with Crippen molar-refractivity contribution in [1.82, 2.24) is 9.97 Å². The maximum atomic E-state index is 5.35. The lowest BCUT2D eigenvalue weighted by Crippen LogP contribution is -2.28. The summed E-state index contributed by atoms with van der Waals surface area (Å²) in [6.45, 7) is 0. The molecule has 1 aliphatic carbocycles. The Labute approximate surface area is 367 Å². The predicted octanol–water partition coefficient (Wildman–Crippen LogP) is 15.5. The van der Waals surface area contributed by atoms with Gasteiger partial charge in [-0.15, -0.1) is 0 Å². The fraction of sp³-hybridized carbons (Fsp3) is 0.0164. The number of benzene rings is 10. The molecule has 0 radical (unpaired) electrons. The average Bonchev–Trinajstić information content (AvgIpc) is 3.68. The van der Waals surface area contributed by atoms with E-state index < -0.39 is 5.41 Å². The molecule has 63 heavy (non-hydrogen) atoms. The largest absolute Gasteiger partial charge is 0.228 e. The van der Waals surface area contributed by atoms with Crippen LogP contribution in [0.4, 0.5) is 0 Å². The van der Waals surface area contributed by atoms with Gasteiger partial charge in [0.05, 0.1) is 16.8 Å². The standard InChI is InChI=1S/C61H40N2/c1-5-18-41(19-6-1)44-23-17-24-46(38-44)58-40-57(43-21-7-2-8-22-43)62-60(63-58)54-36-35-49(51-30-15-16-31-52(51)54)45-33-37-56-55(39-45)53-34-32-42-20-13-14-29-50(42)59(53)61(56,47-25-9-3-10-26-47)48-27-11-4-12-28-48/h1-40H. The highest BCUT2D eigenvalue weighted by atomic mass is 14.9. The molecule has 0 unspecified atom stereocenters. The molecule has 0 amide bonds. The molecule has 294 valence electrons. The van der Waals surface area contributed by atoms with Crippen LogP contribution < -0.4 is 0 Å². The lowest BCUT2D eigenvalue weighted by molar-refractivity contribution is 0.775. The molecule has 0 saturated carbocycles. The van der Waals surface area contributed by atoms with E-state index in [1.807, 2.05) is 6.07 Å². The summed E-state index contributed by atoms with van der Waals surface area (Å²) in [5.74, 6) is 0.699. The molecule has 0 saturated heterocycles. The van der Waals surface area contributed by atoms with Crippen molar-refractivity contribution in [2.45, 2.75) is 5.41 Å². The van der Waals surface area contributed by atoms with E-state index in [-0.39, 0.29) is 0 Å². The quantitative estimate of drug-likeness (QED) is 0.160. The molecule has 0 aliphatic heterocycles. The van der Waals surface area contributed by atoms with Gasteiger partial charge in [-0.1, -0.05) is 218 Å². The molecular weight excluding hydrogens is 761 g/mol. The van der Waals surface area contributed by atoms with Crippen molar-refractivity contribution in [1.29, 1.82) is 0 Å². The zero-order valence-corrected chi connectivity index (χ0v) is 34.5. The number of rotatable bonds is 7. The van der Waals surface area contributed by atoms with Crippen LogP contribution in [-0.4, -0.2) is 9.97 Å². The normalized spacial score (nSPS) is 12.6. The second kappa shape index (κ2) is 15.1. The van der Waals surface area contributed by atoms with E-state index in [0.717, 1.165) is 44.4 Å². The van der Waals surface area contributed by atoms with Gasteiger partial charge in [0.1, 0.15) is 0 Å². The smallest absolute Gasteiger partial charge is 0.161 e. The fourth-order valence-corrected chi connectivity index (χ4v) is 10.1. The summed E-state index contributed by atoms with van der Waals surface area (Å²) in [5, 5.41) is 4.79. The minimum Gasteiger partial charge on any atom is -0.228 e. The van der Waals surface area contributed by atoms with E-state index in [1.165, 1.54) is 60.8 Å². The van der Waals surface area contributed by atoms with E-state index in [9.17, 15) is 0 Å². The topological polar surface area (TPSA) is 25.8 Å². The fourth-order valence-electron chi connectivity index (χ4n) is 10.1. The molecule has 1 aliphatic rings. The maximum Gasteiger partial charge on any atom is 0.161 e. The van der Waals surface area contributed by atoms with E-state index in [2.05, 4.69) is 237 Å². The number of fused-ring (bicyclic) bond motifs is 6. The van der Waals surface area contributed by atoms with Crippen LogP contribution in [-0.2, 0) is 5.41 Å². The van der Waals surface area contributed by atoms with Gasteiger partial charge in [-0.25, -0.2) is 9.97 Å². The Balaban J connectivity index is 1.05. The number of hydrogen-bond acceptors (Lipinski definition) is 2. The van der Waals surface area contributed by atoms with Gasteiger partial charge < -0.3 is 0 Å². The second-order valence-electron chi connectivity index (χ2n) is 16.4. The minimum atomic E-state index is -0.502. The van der Waals surface area contributed by atoms with Crippen molar-refractivity contribution >= 4 is 21.5 Å². The van der Waals surface area contributed by atoms with Gasteiger partial charge in [0.2, 0.25) is 0 Å². The summed E-state index contributed by atoms with van der Waals surface area (Å²) in [6.07, 6.45) is 0. The summed E-state index contributed by atoms with van der Waals surface area (Å²) in [7, 11) is 0. The van der Waals surface area contributed by atoms with Crippen LogP contribution in [0.5, 0.6) is 0 Å². The molecule has 0 spiro atoms. The van der Waals surface area contributed by atoms with Gasteiger partial charge in [0.15, 0.2) is 5.82 Å². The van der Waals surface area contributed by atoms with Crippen LogP contribution in [0, 0.1) is 0 Å². The molecule has 11 aromatic rings. The van der Waals surface area contributed by atoms with Gasteiger partial charge in [-0.2, -0.15) is 0 Å². The molecule has 10 aromatic carbocycles. The van der Waals surface area contributed by atoms with E-state index in [1.54, 1.807) is 0 Å². The Morgan fingerprint density at radius 1 is 0.286 bits per heavy atom. The molecule has 12 rings (SSSR count). The van der Waals surface area contributed by atoms with Crippen LogP contribution in [0.2, 0.25) is 0 Å². The lowest BCUT2D eigenvalue weighted by Gasteiger charge is -2.34. The van der Waals surface area contributed by atoms with E-state index in [0.29, 0.717) is 5.82 Å². The first-order chi connectivity index (χ1) is 31.2. The molecule has 0 bridgehead atoms. The molecular formula is C61H40N2. The van der Waals surface area contributed by atoms with Gasteiger partial charge >= 0.3 is 0 Å². The van der Waals surface area contributed by atoms with Crippen molar-refractivity contribution in [2.24, 2.45) is 0 Å². The Bertz CT molecular complexity index is 3450. The molecule has 0 atom stereocenters. The number of nitrogens with zero attached hydrogens (tertiary/aromatic N) is 2. The summed E-state index contributed by atoms with van der Waals surface area (Å²) < 4.78 is 0. The van der Waals surface area contributed by atoms with Crippen molar-refractivity contribution in [3.05, 3.63) is 265 Å². The monoisotopic (exact) mass is 800 g/mol. The Kier molecular flexibility index (Phi) is 8.76. The first-order valence-corrected chi connectivity index (χ1v) is 21.6. The number of hydrogen-bond donors (Lipinski definition) is 0. The van der Waals surface area contributed by atoms with Crippen molar-refractivity contribution in [3.8, 4) is 67.3 Å². The molecule has 2 nitrogen and oxygen atoms in total. The zero-order chi connectivity index (χ0) is 41.7. The SMILES string of the molecule is c1ccc(-c2cccc(-c3cc(-c4ccccc4)nc(-c4ccc(-c5ccc6c(c5)-c5ccc7ccccc7c5C6(c5ccccc5)c5ccccc5)c5ccccc45)n3)c2)cc1. The number of aromatic nitrogens is 2. The summed E-state index contributed by atoms with van der Waals surface area (Å²) in [5.41, 5.74) is 16.7. The third-order valence-corrected chi connectivity index (χ3v) is 13.0. The predicted molar refractivity (Wildman–Crippen MR) is 262 cm³/mol. The maximum absolute atomic E-state index is 5.35. The second-order valence-corrected chi connectivity index (χ2v) is 16.4.